The molecule has 13 heteroatoms. The molecule has 1 aromatic carbocycles. The summed E-state index contributed by atoms with van der Waals surface area (Å²) in [6.07, 6.45) is 2.57. The van der Waals surface area contributed by atoms with Gasteiger partial charge in [0.15, 0.2) is 28.4 Å². The zero-order chi connectivity index (χ0) is 25.6. The number of halogens is 5. The van der Waals surface area contributed by atoms with Crippen molar-refractivity contribution in [1.29, 1.82) is 0 Å². The number of carbonyl (C=O) groups is 1. The van der Waals surface area contributed by atoms with Crippen LogP contribution < -0.4 is 10.6 Å². The Balaban J connectivity index is 1.58. The highest BCUT2D eigenvalue weighted by Gasteiger charge is 2.29. The van der Waals surface area contributed by atoms with Gasteiger partial charge in [-0.2, -0.15) is 5.10 Å². The van der Waals surface area contributed by atoms with Gasteiger partial charge in [-0.25, -0.2) is 26.7 Å². The maximum atomic E-state index is 14.1. The van der Waals surface area contributed by atoms with E-state index in [-0.39, 0.29) is 5.11 Å². The van der Waals surface area contributed by atoms with Crippen LogP contribution in [-0.2, 0) is 24.1 Å². The summed E-state index contributed by atoms with van der Waals surface area (Å²) in [5.74, 6) is -10.6. The highest BCUT2D eigenvalue weighted by molar-refractivity contribution is 7.80. The maximum absolute atomic E-state index is 14.1. The van der Waals surface area contributed by atoms with Crippen molar-refractivity contribution in [3.05, 3.63) is 62.0 Å². The molecule has 3 aromatic rings. The minimum absolute atomic E-state index is 0.122. The zero-order valence-corrected chi connectivity index (χ0v) is 20.4. The number of carbonyl (C=O) groups excluding carboxylic acids is 1. The first-order valence-electron chi connectivity index (χ1n) is 10.4. The van der Waals surface area contributed by atoms with Crippen LogP contribution in [0.15, 0.2) is 0 Å². The number of thiocarbonyl (C=S) groups is 1. The molecular formula is C22H19F5N4O2S2. The number of benzene rings is 1. The summed E-state index contributed by atoms with van der Waals surface area (Å²) in [4.78, 5) is 13.4. The van der Waals surface area contributed by atoms with Crippen molar-refractivity contribution < 1.29 is 31.5 Å². The molecule has 0 spiro atoms. The lowest BCUT2D eigenvalue weighted by Gasteiger charge is -2.12. The van der Waals surface area contributed by atoms with Crippen LogP contribution in [0, 0.1) is 42.9 Å². The largest absolute Gasteiger partial charge is 0.465 e. The number of hydrogen-bond acceptors (Lipinski definition) is 5. The fourth-order valence-electron chi connectivity index (χ4n) is 4.03. The van der Waals surface area contributed by atoms with Gasteiger partial charge in [-0.15, -0.1) is 11.3 Å². The van der Waals surface area contributed by atoms with Crippen LogP contribution in [0.4, 0.5) is 32.6 Å². The van der Waals surface area contributed by atoms with Crippen molar-refractivity contribution in [2.24, 2.45) is 0 Å². The van der Waals surface area contributed by atoms with Gasteiger partial charge in [-0.05, 0) is 50.9 Å². The first kappa shape index (κ1) is 25.0. The molecule has 0 atom stereocenters. The van der Waals surface area contributed by atoms with E-state index in [1.54, 1.807) is 13.8 Å². The van der Waals surface area contributed by atoms with Crippen molar-refractivity contribution in [1.82, 2.24) is 9.78 Å². The summed E-state index contributed by atoms with van der Waals surface area (Å²) in [5.41, 5.74) is 1.47. The normalized spacial score (nSPS) is 12.6. The number of fused-ring (bicyclic) bond motifs is 1. The first-order chi connectivity index (χ1) is 16.5. The third-order valence-corrected chi connectivity index (χ3v) is 7.18. The molecule has 0 fully saturated rings. The Bertz CT molecular complexity index is 1340. The second-order valence-electron chi connectivity index (χ2n) is 7.88. The first-order valence-corrected chi connectivity index (χ1v) is 11.6. The number of ether oxygens (including phenoxy) is 1. The van der Waals surface area contributed by atoms with E-state index >= 15 is 0 Å². The van der Waals surface area contributed by atoms with Crippen molar-refractivity contribution in [3.8, 4) is 0 Å². The fraction of sp³-hybridized carbons (Fsp3) is 0.318. The molecule has 186 valence electrons. The number of nitrogens with one attached hydrogen (secondary N) is 2. The van der Waals surface area contributed by atoms with Gasteiger partial charge in [0.05, 0.1) is 41.9 Å². The lowest BCUT2D eigenvalue weighted by molar-refractivity contribution is 0.0601. The highest BCUT2D eigenvalue weighted by atomic mass is 32.1. The third kappa shape index (κ3) is 4.38. The smallest absolute Gasteiger partial charge is 0.341 e. The summed E-state index contributed by atoms with van der Waals surface area (Å²) in [7, 11) is 1.30. The molecule has 0 unspecified atom stereocenters. The number of anilines is 2. The summed E-state index contributed by atoms with van der Waals surface area (Å²) in [6, 6.07) is 0. The van der Waals surface area contributed by atoms with Gasteiger partial charge in [0, 0.05) is 4.88 Å². The van der Waals surface area contributed by atoms with Crippen molar-refractivity contribution in [2.45, 2.75) is 39.7 Å². The summed E-state index contributed by atoms with van der Waals surface area (Å²) < 4.78 is 74.8. The molecule has 1 aliphatic rings. The SMILES string of the molecule is COC(=O)c1c(NC(=S)Nc2c(C)nn(Cc3c(F)c(F)c(F)c(F)c3F)c2C)sc2c1CCC2. The van der Waals surface area contributed by atoms with Crippen LogP contribution in [-0.4, -0.2) is 28.0 Å². The van der Waals surface area contributed by atoms with Crippen molar-refractivity contribution in [2.75, 3.05) is 17.7 Å². The average molecular weight is 531 g/mol. The second-order valence-corrected chi connectivity index (χ2v) is 9.40. The second kappa shape index (κ2) is 9.53. The third-order valence-electron chi connectivity index (χ3n) is 5.77. The highest BCUT2D eigenvalue weighted by Crippen LogP contribution is 2.39. The summed E-state index contributed by atoms with van der Waals surface area (Å²) >= 11 is 6.80. The summed E-state index contributed by atoms with van der Waals surface area (Å²) in [6.45, 7) is 2.45. The molecule has 0 aliphatic heterocycles. The molecule has 1 aliphatic carbocycles. The van der Waals surface area contributed by atoms with Gasteiger partial charge in [0.25, 0.3) is 0 Å². The predicted molar refractivity (Wildman–Crippen MR) is 125 cm³/mol. The number of thiophene rings is 1. The molecule has 4 rings (SSSR count). The Labute approximate surface area is 206 Å². The number of hydrogen-bond donors (Lipinski definition) is 2. The van der Waals surface area contributed by atoms with Gasteiger partial charge in [0.1, 0.15) is 5.00 Å². The van der Waals surface area contributed by atoms with Gasteiger partial charge in [-0.3, -0.25) is 4.68 Å². The maximum Gasteiger partial charge on any atom is 0.341 e. The molecule has 35 heavy (non-hydrogen) atoms. The van der Waals surface area contributed by atoms with E-state index in [0.29, 0.717) is 27.6 Å². The average Bonchev–Trinajstić information content (AvgIpc) is 3.48. The van der Waals surface area contributed by atoms with Crippen LogP contribution in [0.25, 0.3) is 0 Å². The number of rotatable bonds is 5. The predicted octanol–water partition coefficient (Wildman–Crippen LogP) is 5.39. The molecule has 6 nitrogen and oxygen atoms in total. The van der Waals surface area contributed by atoms with E-state index in [0.717, 1.165) is 34.4 Å². The number of nitrogens with zero attached hydrogens (tertiary/aromatic N) is 2. The zero-order valence-electron chi connectivity index (χ0n) is 18.7. The van der Waals surface area contributed by atoms with Crippen molar-refractivity contribution in [3.63, 3.8) is 0 Å². The van der Waals surface area contributed by atoms with Gasteiger partial charge in [-0.1, -0.05) is 0 Å². The topological polar surface area (TPSA) is 68.2 Å². The van der Waals surface area contributed by atoms with E-state index in [2.05, 4.69) is 15.7 Å². The Morgan fingerprint density at radius 3 is 2.31 bits per heavy atom. The van der Waals surface area contributed by atoms with Crippen molar-refractivity contribution >= 4 is 45.3 Å². The van der Waals surface area contributed by atoms with E-state index in [1.807, 2.05) is 0 Å². The fourth-order valence-corrected chi connectivity index (χ4v) is 5.58. The summed E-state index contributed by atoms with van der Waals surface area (Å²) in [5, 5.41) is 10.7. The number of aromatic nitrogens is 2. The Morgan fingerprint density at radius 1 is 1.06 bits per heavy atom. The molecule has 2 aromatic heterocycles. The molecule has 0 saturated carbocycles. The molecule has 0 bridgehead atoms. The molecule has 2 heterocycles. The van der Waals surface area contributed by atoms with Gasteiger partial charge < -0.3 is 15.4 Å². The monoisotopic (exact) mass is 530 g/mol. The number of aryl methyl sites for hydroxylation is 2. The molecule has 0 radical (unpaired) electrons. The molecule has 0 amide bonds. The van der Waals surface area contributed by atoms with E-state index < -0.39 is 47.2 Å². The van der Waals surface area contributed by atoms with Crippen LogP contribution in [0.1, 0.15) is 44.2 Å². The van der Waals surface area contributed by atoms with E-state index in [4.69, 9.17) is 17.0 Å². The van der Waals surface area contributed by atoms with Crippen LogP contribution in [0.5, 0.6) is 0 Å². The van der Waals surface area contributed by atoms with Gasteiger partial charge in [0.2, 0.25) is 5.82 Å². The molecule has 0 saturated heterocycles. The molecular weight excluding hydrogens is 511 g/mol. The number of methoxy groups -OCH3 is 1. The minimum atomic E-state index is -2.22. The molecule has 2 N–H and O–H groups in total. The van der Waals surface area contributed by atoms with Crippen LogP contribution in [0.3, 0.4) is 0 Å². The minimum Gasteiger partial charge on any atom is -0.465 e. The Kier molecular flexibility index (Phi) is 6.82. The number of esters is 1. The van der Waals surface area contributed by atoms with E-state index in [9.17, 15) is 26.7 Å². The van der Waals surface area contributed by atoms with Crippen LogP contribution in [0.2, 0.25) is 0 Å². The standard InChI is InChI=1S/C22H19F5N4O2S2/c1-8-19(9(2)31(30-8)7-11-14(23)16(25)18(27)17(26)15(11)24)28-22(34)29-20-13(21(32)33-3)10-5-4-6-12(10)35-20/h4-7H2,1-3H3,(H2,28,29,34). The quantitative estimate of drug-likeness (QED) is 0.152. The van der Waals surface area contributed by atoms with Crippen LogP contribution >= 0.6 is 23.6 Å². The Hall–Kier alpha value is -3.06. The van der Waals surface area contributed by atoms with E-state index in [1.165, 1.54) is 18.4 Å². The lowest BCUT2D eigenvalue weighted by atomic mass is 10.1. The van der Waals surface area contributed by atoms with Gasteiger partial charge >= 0.3 is 5.97 Å². The lowest BCUT2D eigenvalue weighted by Crippen LogP contribution is -2.21. The Morgan fingerprint density at radius 2 is 1.69 bits per heavy atom.